The second kappa shape index (κ2) is 8.11. The molecule has 0 unspecified atom stereocenters. The molecule has 0 N–H and O–H groups in total. The second-order valence-electron chi connectivity index (χ2n) is 4.13. The smallest absolute Gasteiger partial charge is 0.306 e. The van der Waals surface area contributed by atoms with Crippen molar-refractivity contribution in [1.29, 1.82) is 0 Å². The molecule has 102 valence electrons. The lowest BCUT2D eigenvalue weighted by Crippen LogP contribution is -2.18. The molecule has 0 saturated heterocycles. The number of ether oxygens (including phenoxy) is 1. The summed E-state index contributed by atoms with van der Waals surface area (Å²) in [6.07, 6.45) is -1.10. The highest BCUT2D eigenvalue weighted by atomic mass is 19.1. The van der Waals surface area contributed by atoms with Crippen molar-refractivity contribution in [2.45, 2.75) is 38.6 Å². The van der Waals surface area contributed by atoms with E-state index in [0.29, 0.717) is 0 Å². The van der Waals surface area contributed by atoms with Crippen molar-refractivity contribution >= 4 is 5.97 Å². The average Bonchev–Trinajstić information content (AvgIpc) is 2.42. The summed E-state index contributed by atoms with van der Waals surface area (Å²) in [5, 5.41) is 3.31. The lowest BCUT2D eigenvalue weighted by atomic mass is 10.1. The number of carbonyl (C=O) groups excluding carboxylic acids is 1. The molecule has 0 radical (unpaired) electrons. The number of nitrogens with zero attached hydrogens (tertiary/aromatic N) is 3. The van der Waals surface area contributed by atoms with Crippen LogP contribution < -0.4 is 0 Å². The molecular formula is C13H16FN3O2. The normalized spacial score (nSPS) is 13.2. The third kappa shape index (κ3) is 5.88. The number of carbonyl (C=O) groups is 1. The predicted octanol–water partition coefficient (Wildman–Crippen LogP) is 3.55. The van der Waals surface area contributed by atoms with E-state index in [-0.39, 0.29) is 19.4 Å². The molecule has 0 saturated carbocycles. The number of rotatable bonds is 7. The van der Waals surface area contributed by atoms with Gasteiger partial charge < -0.3 is 4.74 Å². The van der Waals surface area contributed by atoms with Crippen LogP contribution in [0.2, 0.25) is 0 Å². The van der Waals surface area contributed by atoms with Crippen LogP contribution in [0.25, 0.3) is 10.4 Å². The Balaban J connectivity index is 2.33. The Labute approximate surface area is 111 Å². The molecule has 0 bridgehead atoms. The number of halogens is 1. The lowest BCUT2D eigenvalue weighted by molar-refractivity contribution is -0.145. The third-order valence-corrected chi connectivity index (χ3v) is 2.62. The zero-order valence-corrected chi connectivity index (χ0v) is 10.7. The van der Waals surface area contributed by atoms with Crippen molar-refractivity contribution in [3.63, 3.8) is 0 Å². The van der Waals surface area contributed by atoms with E-state index in [0.717, 1.165) is 5.56 Å². The van der Waals surface area contributed by atoms with Crippen LogP contribution in [0.4, 0.5) is 4.39 Å². The van der Waals surface area contributed by atoms with E-state index in [4.69, 9.17) is 10.3 Å². The van der Waals surface area contributed by atoms with E-state index in [9.17, 15) is 9.18 Å². The standard InChI is InChI=1S/C13H16FN3O2/c1-10(14)12(16-17-15)7-8-13(18)19-9-11-5-3-2-4-6-11/h2-6,10,12H,7-9H2,1H3/t10-,12+/m1/s1. The Morgan fingerprint density at radius 2 is 2.16 bits per heavy atom. The molecule has 0 aliphatic carbocycles. The summed E-state index contributed by atoms with van der Waals surface area (Å²) in [6, 6.07) is 8.45. The van der Waals surface area contributed by atoms with Gasteiger partial charge in [0.15, 0.2) is 0 Å². The van der Waals surface area contributed by atoms with E-state index in [1.807, 2.05) is 30.3 Å². The molecular weight excluding hydrogens is 249 g/mol. The van der Waals surface area contributed by atoms with E-state index < -0.39 is 18.2 Å². The molecule has 1 rings (SSSR count). The van der Waals surface area contributed by atoms with Crippen molar-refractivity contribution < 1.29 is 13.9 Å². The fourth-order valence-corrected chi connectivity index (χ4v) is 1.52. The van der Waals surface area contributed by atoms with Crippen LogP contribution in [-0.4, -0.2) is 18.2 Å². The molecule has 2 atom stereocenters. The van der Waals surface area contributed by atoms with Gasteiger partial charge in [0.05, 0.1) is 6.04 Å². The maximum absolute atomic E-state index is 13.0. The molecule has 0 amide bonds. The van der Waals surface area contributed by atoms with Crippen molar-refractivity contribution in [1.82, 2.24) is 0 Å². The van der Waals surface area contributed by atoms with E-state index >= 15 is 0 Å². The Morgan fingerprint density at radius 1 is 1.47 bits per heavy atom. The Kier molecular flexibility index (Phi) is 6.39. The first-order chi connectivity index (χ1) is 9.13. The molecule has 1 aromatic carbocycles. The number of hydrogen-bond acceptors (Lipinski definition) is 3. The van der Waals surface area contributed by atoms with E-state index in [1.54, 1.807) is 0 Å². The maximum atomic E-state index is 13.0. The SMILES string of the molecule is C[C@@H](F)[C@H](CCC(=O)OCc1ccccc1)N=[N+]=[N-]. The summed E-state index contributed by atoms with van der Waals surface area (Å²) < 4.78 is 18.1. The van der Waals surface area contributed by atoms with E-state index in [2.05, 4.69) is 10.0 Å². The highest BCUT2D eigenvalue weighted by Crippen LogP contribution is 2.12. The van der Waals surface area contributed by atoms with Gasteiger partial charge in [-0.15, -0.1) is 0 Å². The van der Waals surface area contributed by atoms with Gasteiger partial charge in [-0.2, -0.15) is 0 Å². The van der Waals surface area contributed by atoms with Crippen LogP contribution in [0.1, 0.15) is 25.3 Å². The molecule has 0 aliphatic rings. The van der Waals surface area contributed by atoms with Crippen LogP contribution in [0, 0.1) is 0 Å². The molecule has 19 heavy (non-hydrogen) atoms. The summed E-state index contributed by atoms with van der Waals surface area (Å²) >= 11 is 0. The molecule has 0 aliphatic heterocycles. The summed E-state index contributed by atoms with van der Waals surface area (Å²) in [7, 11) is 0. The topological polar surface area (TPSA) is 75.1 Å². The maximum Gasteiger partial charge on any atom is 0.306 e. The van der Waals surface area contributed by atoms with Crippen molar-refractivity contribution in [2.24, 2.45) is 5.11 Å². The molecule has 5 nitrogen and oxygen atoms in total. The number of alkyl halides is 1. The van der Waals surface area contributed by atoms with Gasteiger partial charge in [-0.25, -0.2) is 4.39 Å². The molecule has 0 spiro atoms. The Bertz CT molecular complexity index is 444. The number of benzene rings is 1. The van der Waals surface area contributed by atoms with Crippen LogP contribution in [-0.2, 0) is 16.1 Å². The molecule has 0 heterocycles. The fraction of sp³-hybridized carbons (Fsp3) is 0.462. The average molecular weight is 265 g/mol. The van der Waals surface area contributed by atoms with Gasteiger partial charge in [0.1, 0.15) is 12.8 Å². The van der Waals surface area contributed by atoms with E-state index in [1.165, 1.54) is 6.92 Å². The Hall–Kier alpha value is -2.07. The van der Waals surface area contributed by atoms with Crippen LogP contribution in [0.15, 0.2) is 35.4 Å². The summed E-state index contributed by atoms with van der Waals surface area (Å²) in [6.45, 7) is 1.49. The lowest BCUT2D eigenvalue weighted by Gasteiger charge is -2.11. The van der Waals surface area contributed by atoms with Crippen LogP contribution in [0.5, 0.6) is 0 Å². The van der Waals surface area contributed by atoms with Crippen LogP contribution in [0.3, 0.4) is 0 Å². The molecule has 6 heteroatoms. The third-order valence-electron chi connectivity index (χ3n) is 2.62. The second-order valence-corrected chi connectivity index (χ2v) is 4.13. The highest BCUT2D eigenvalue weighted by molar-refractivity contribution is 5.69. The van der Waals surface area contributed by atoms with Gasteiger partial charge in [-0.1, -0.05) is 35.4 Å². The first-order valence-electron chi connectivity index (χ1n) is 6.01. The largest absolute Gasteiger partial charge is 0.461 e. The van der Waals surface area contributed by atoms with Gasteiger partial charge in [-0.05, 0) is 24.4 Å². The van der Waals surface area contributed by atoms with Gasteiger partial charge in [-0.3, -0.25) is 4.79 Å². The number of azide groups is 1. The molecule has 1 aromatic rings. The van der Waals surface area contributed by atoms with Crippen molar-refractivity contribution in [3.05, 3.63) is 46.3 Å². The number of hydrogen-bond donors (Lipinski definition) is 0. The zero-order valence-electron chi connectivity index (χ0n) is 10.7. The summed E-state index contributed by atoms with van der Waals surface area (Å²) in [4.78, 5) is 14.0. The fourth-order valence-electron chi connectivity index (χ4n) is 1.52. The zero-order chi connectivity index (χ0) is 14.1. The number of esters is 1. The van der Waals surface area contributed by atoms with Gasteiger partial charge in [0.25, 0.3) is 0 Å². The van der Waals surface area contributed by atoms with Crippen LogP contribution >= 0.6 is 0 Å². The minimum absolute atomic E-state index is 0.0325. The minimum Gasteiger partial charge on any atom is -0.461 e. The first-order valence-corrected chi connectivity index (χ1v) is 6.01. The summed E-state index contributed by atoms with van der Waals surface area (Å²) in [5.74, 6) is -0.428. The van der Waals surface area contributed by atoms with Gasteiger partial charge in [0, 0.05) is 11.3 Å². The summed E-state index contributed by atoms with van der Waals surface area (Å²) in [5.41, 5.74) is 9.17. The van der Waals surface area contributed by atoms with Gasteiger partial charge >= 0.3 is 5.97 Å². The van der Waals surface area contributed by atoms with Gasteiger partial charge in [0.2, 0.25) is 0 Å². The van der Waals surface area contributed by atoms with Crippen molar-refractivity contribution in [2.75, 3.05) is 0 Å². The minimum atomic E-state index is -1.28. The quantitative estimate of drug-likeness (QED) is 0.327. The molecule has 0 fully saturated rings. The monoisotopic (exact) mass is 265 g/mol. The Morgan fingerprint density at radius 3 is 2.74 bits per heavy atom. The first kappa shape index (κ1) is 15.0. The highest BCUT2D eigenvalue weighted by Gasteiger charge is 2.16. The predicted molar refractivity (Wildman–Crippen MR) is 69.0 cm³/mol. The molecule has 0 aromatic heterocycles. The van der Waals surface area contributed by atoms with Crippen molar-refractivity contribution in [3.8, 4) is 0 Å².